The van der Waals surface area contributed by atoms with E-state index in [1.165, 1.54) is 50.9 Å². The van der Waals surface area contributed by atoms with Crippen LogP contribution in [-0.2, 0) is 0 Å². The van der Waals surface area contributed by atoms with Crippen LogP contribution in [0.5, 0.6) is 0 Å². The lowest BCUT2D eigenvalue weighted by atomic mass is 9.96. The molecule has 0 bridgehead atoms. The third-order valence-electron chi connectivity index (χ3n) is 3.78. The zero-order chi connectivity index (χ0) is 12.1. The van der Waals surface area contributed by atoms with E-state index in [9.17, 15) is 0 Å². The maximum Gasteiger partial charge on any atom is 0.0386 e. The normalized spacial score (nSPS) is 21.2. The summed E-state index contributed by atoms with van der Waals surface area (Å²) in [5.41, 5.74) is 8.02. The SMILES string of the molecule is CCCC1CCCN(c2cccc(N)c2)CC1. The Kier molecular flexibility index (Phi) is 4.29. The van der Waals surface area contributed by atoms with Crippen molar-refractivity contribution in [2.24, 2.45) is 5.92 Å². The molecule has 94 valence electrons. The molecule has 1 aromatic carbocycles. The van der Waals surface area contributed by atoms with E-state index in [0.717, 1.165) is 11.6 Å². The van der Waals surface area contributed by atoms with E-state index in [1.54, 1.807) is 0 Å². The van der Waals surface area contributed by atoms with E-state index < -0.39 is 0 Å². The molecule has 1 atom stereocenters. The van der Waals surface area contributed by atoms with Gasteiger partial charge < -0.3 is 10.6 Å². The third kappa shape index (κ3) is 3.39. The fourth-order valence-electron chi connectivity index (χ4n) is 2.84. The van der Waals surface area contributed by atoms with E-state index in [4.69, 9.17) is 5.73 Å². The Hall–Kier alpha value is -1.18. The van der Waals surface area contributed by atoms with Gasteiger partial charge in [0.2, 0.25) is 0 Å². The second-order valence-corrected chi connectivity index (χ2v) is 5.17. The third-order valence-corrected chi connectivity index (χ3v) is 3.78. The van der Waals surface area contributed by atoms with Crippen molar-refractivity contribution in [3.8, 4) is 0 Å². The van der Waals surface area contributed by atoms with Gasteiger partial charge >= 0.3 is 0 Å². The molecule has 2 rings (SSSR count). The van der Waals surface area contributed by atoms with Crippen molar-refractivity contribution in [2.45, 2.75) is 39.0 Å². The summed E-state index contributed by atoms with van der Waals surface area (Å²) in [4.78, 5) is 2.49. The average molecular weight is 232 g/mol. The molecule has 1 fully saturated rings. The zero-order valence-electron chi connectivity index (χ0n) is 10.9. The Morgan fingerprint density at radius 1 is 1.29 bits per heavy atom. The van der Waals surface area contributed by atoms with Crippen LogP contribution < -0.4 is 10.6 Å². The Morgan fingerprint density at radius 2 is 2.18 bits per heavy atom. The molecule has 0 aliphatic carbocycles. The van der Waals surface area contributed by atoms with Crippen LogP contribution in [0.15, 0.2) is 24.3 Å². The molecule has 1 aliphatic heterocycles. The Bertz CT molecular complexity index is 349. The summed E-state index contributed by atoms with van der Waals surface area (Å²) in [6.45, 7) is 4.67. The highest BCUT2D eigenvalue weighted by molar-refractivity contribution is 5.55. The van der Waals surface area contributed by atoms with Gasteiger partial charge in [-0.05, 0) is 43.4 Å². The van der Waals surface area contributed by atoms with Gasteiger partial charge in [-0.15, -0.1) is 0 Å². The standard InChI is InChI=1S/C15H24N2/c1-2-5-13-6-4-10-17(11-9-13)15-8-3-7-14(16)12-15/h3,7-8,12-13H,2,4-6,9-11,16H2,1H3. The molecule has 1 unspecified atom stereocenters. The number of rotatable bonds is 3. The second kappa shape index (κ2) is 5.95. The molecular weight excluding hydrogens is 208 g/mol. The minimum absolute atomic E-state index is 0.872. The lowest BCUT2D eigenvalue weighted by molar-refractivity contribution is 0.435. The second-order valence-electron chi connectivity index (χ2n) is 5.17. The molecule has 2 nitrogen and oxygen atoms in total. The molecule has 2 N–H and O–H groups in total. The van der Waals surface area contributed by atoms with Crippen molar-refractivity contribution in [1.29, 1.82) is 0 Å². The molecule has 0 amide bonds. The van der Waals surface area contributed by atoms with E-state index in [-0.39, 0.29) is 0 Å². The molecule has 1 saturated heterocycles. The van der Waals surface area contributed by atoms with Gasteiger partial charge in [0.1, 0.15) is 0 Å². The molecule has 0 radical (unpaired) electrons. The highest BCUT2D eigenvalue weighted by Gasteiger charge is 2.16. The summed E-state index contributed by atoms with van der Waals surface area (Å²) in [6, 6.07) is 8.29. The monoisotopic (exact) mass is 232 g/mol. The van der Waals surface area contributed by atoms with Gasteiger partial charge in [0.25, 0.3) is 0 Å². The van der Waals surface area contributed by atoms with Gasteiger partial charge in [-0.2, -0.15) is 0 Å². The van der Waals surface area contributed by atoms with E-state index in [0.29, 0.717) is 0 Å². The lowest BCUT2D eigenvalue weighted by Gasteiger charge is -2.23. The van der Waals surface area contributed by atoms with Crippen LogP contribution in [0.4, 0.5) is 11.4 Å². The van der Waals surface area contributed by atoms with Crippen LogP contribution in [0.2, 0.25) is 0 Å². The topological polar surface area (TPSA) is 29.3 Å². The van der Waals surface area contributed by atoms with Crippen LogP contribution >= 0.6 is 0 Å². The summed E-state index contributed by atoms with van der Waals surface area (Å²) < 4.78 is 0. The average Bonchev–Trinajstić information content (AvgIpc) is 2.55. The Balaban J connectivity index is 1.99. The first-order valence-corrected chi connectivity index (χ1v) is 6.90. The van der Waals surface area contributed by atoms with Gasteiger partial charge in [-0.25, -0.2) is 0 Å². The maximum atomic E-state index is 5.85. The number of nitrogen functional groups attached to an aromatic ring is 1. The molecule has 1 aromatic rings. The highest BCUT2D eigenvalue weighted by Crippen LogP contribution is 2.26. The summed E-state index contributed by atoms with van der Waals surface area (Å²) >= 11 is 0. The number of anilines is 2. The summed E-state index contributed by atoms with van der Waals surface area (Å²) in [5.74, 6) is 0.936. The number of hydrogen-bond donors (Lipinski definition) is 1. The maximum absolute atomic E-state index is 5.85. The summed E-state index contributed by atoms with van der Waals surface area (Å²) in [5, 5.41) is 0. The Morgan fingerprint density at radius 3 is 2.94 bits per heavy atom. The van der Waals surface area contributed by atoms with Crippen LogP contribution in [0.3, 0.4) is 0 Å². The predicted octanol–water partition coefficient (Wildman–Crippen LogP) is 3.68. The zero-order valence-corrected chi connectivity index (χ0v) is 10.9. The van der Waals surface area contributed by atoms with Crippen molar-refractivity contribution in [1.82, 2.24) is 0 Å². The van der Waals surface area contributed by atoms with Crippen LogP contribution in [0, 0.1) is 5.92 Å². The van der Waals surface area contributed by atoms with Crippen molar-refractivity contribution in [3.63, 3.8) is 0 Å². The molecule has 0 saturated carbocycles. The van der Waals surface area contributed by atoms with Crippen LogP contribution in [0.1, 0.15) is 39.0 Å². The molecule has 0 spiro atoms. The van der Waals surface area contributed by atoms with Gasteiger partial charge in [-0.3, -0.25) is 0 Å². The van der Waals surface area contributed by atoms with Crippen LogP contribution in [0.25, 0.3) is 0 Å². The largest absolute Gasteiger partial charge is 0.399 e. The lowest BCUT2D eigenvalue weighted by Crippen LogP contribution is -2.24. The minimum atomic E-state index is 0.872. The molecule has 17 heavy (non-hydrogen) atoms. The first-order valence-electron chi connectivity index (χ1n) is 6.90. The van der Waals surface area contributed by atoms with Crippen molar-refractivity contribution >= 4 is 11.4 Å². The minimum Gasteiger partial charge on any atom is -0.399 e. The molecule has 2 heteroatoms. The first-order chi connectivity index (χ1) is 8.29. The number of benzene rings is 1. The summed E-state index contributed by atoms with van der Waals surface area (Å²) in [6.07, 6.45) is 6.77. The number of nitrogens with two attached hydrogens (primary N) is 1. The van der Waals surface area contributed by atoms with Crippen molar-refractivity contribution < 1.29 is 0 Å². The predicted molar refractivity (Wildman–Crippen MR) is 75.3 cm³/mol. The fraction of sp³-hybridized carbons (Fsp3) is 0.600. The summed E-state index contributed by atoms with van der Waals surface area (Å²) in [7, 11) is 0. The first kappa shape index (κ1) is 12.3. The molecular formula is C15H24N2. The van der Waals surface area contributed by atoms with Gasteiger partial charge in [0.15, 0.2) is 0 Å². The van der Waals surface area contributed by atoms with E-state index in [2.05, 4.69) is 30.0 Å². The Labute approximate surface area is 105 Å². The molecule has 1 heterocycles. The van der Waals surface area contributed by atoms with E-state index >= 15 is 0 Å². The van der Waals surface area contributed by atoms with Crippen LogP contribution in [-0.4, -0.2) is 13.1 Å². The highest BCUT2D eigenvalue weighted by atomic mass is 15.1. The van der Waals surface area contributed by atoms with Crippen molar-refractivity contribution in [2.75, 3.05) is 23.7 Å². The van der Waals surface area contributed by atoms with Gasteiger partial charge in [-0.1, -0.05) is 25.8 Å². The smallest absolute Gasteiger partial charge is 0.0386 e. The number of hydrogen-bond acceptors (Lipinski definition) is 2. The molecule has 1 aliphatic rings. The quantitative estimate of drug-likeness (QED) is 0.806. The molecule has 0 aromatic heterocycles. The number of nitrogens with zero attached hydrogens (tertiary/aromatic N) is 1. The fourth-order valence-corrected chi connectivity index (χ4v) is 2.84. The van der Waals surface area contributed by atoms with E-state index in [1.807, 2.05) is 6.07 Å². The van der Waals surface area contributed by atoms with Gasteiger partial charge in [0, 0.05) is 24.5 Å². The van der Waals surface area contributed by atoms with Crippen molar-refractivity contribution in [3.05, 3.63) is 24.3 Å². The van der Waals surface area contributed by atoms with Gasteiger partial charge in [0.05, 0.1) is 0 Å².